The molecule has 0 fully saturated rings. The molecule has 0 heterocycles. The van der Waals surface area contributed by atoms with E-state index >= 15 is 0 Å². The third-order valence-electron chi connectivity index (χ3n) is 4.13. The van der Waals surface area contributed by atoms with Crippen LogP contribution in [0.2, 0.25) is 0 Å². The van der Waals surface area contributed by atoms with E-state index in [-0.39, 0.29) is 5.91 Å². The molecule has 0 spiro atoms. The van der Waals surface area contributed by atoms with Crippen LogP contribution in [0.5, 0.6) is 0 Å². The second-order valence-electron chi connectivity index (χ2n) is 6.41. The molecule has 24 heavy (non-hydrogen) atoms. The molecular weight excluding hydrogens is 296 g/mol. The average molecular weight is 324 g/mol. The van der Waals surface area contributed by atoms with Gasteiger partial charge in [0.1, 0.15) is 0 Å². The number of anilines is 1. The molecule has 2 aromatic carbocycles. The van der Waals surface area contributed by atoms with Gasteiger partial charge in [-0.1, -0.05) is 48.0 Å². The molecule has 0 aliphatic rings. The number of amides is 1. The van der Waals surface area contributed by atoms with Crippen LogP contribution in [0.3, 0.4) is 0 Å². The SMILES string of the molecule is Cc1cc(C)c(NC(=O)CCNCCCc2ccccc2)c(C)c1. The minimum Gasteiger partial charge on any atom is -0.326 e. The van der Waals surface area contributed by atoms with Crippen molar-refractivity contribution in [3.63, 3.8) is 0 Å². The topological polar surface area (TPSA) is 41.1 Å². The Hall–Kier alpha value is -2.13. The number of carbonyl (C=O) groups excluding carboxylic acids is 1. The number of hydrogen-bond acceptors (Lipinski definition) is 2. The lowest BCUT2D eigenvalue weighted by atomic mass is 10.1. The molecule has 1 amide bonds. The summed E-state index contributed by atoms with van der Waals surface area (Å²) >= 11 is 0. The van der Waals surface area contributed by atoms with Gasteiger partial charge >= 0.3 is 0 Å². The van der Waals surface area contributed by atoms with E-state index in [9.17, 15) is 4.79 Å². The first-order valence-corrected chi connectivity index (χ1v) is 8.68. The van der Waals surface area contributed by atoms with Crippen molar-refractivity contribution in [3.8, 4) is 0 Å². The number of hydrogen-bond donors (Lipinski definition) is 2. The fourth-order valence-electron chi connectivity index (χ4n) is 2.97. The molecule has 0 unspecified atom stereocenters. The van der Waals surface area contributed by atoms with Crippen molar-refractivity contribution >= 4 is 11.6 Å². The summed E-state index contributed by atoms with van der Waals surface area (Å²) in [5.41, 5.74) is 5.79. The van der Waals surface area contributed by atoms with Gasteiger partial charge in [0.25, 0.3) is 0 Å². The summed E-state index contributed by atoms with van der Waals surface area (Å²) < 4.78 is 0. The number of carbonyl (C=O) groups is 1. The molecule has 3 nitrogen and oxygen atoms in total. The summed E-state index contributed by atoms with van der Waals surface area (Å²) in [6.07, 6.45) is 2.65. The van der Waals surface area contributed by atoms with Gasteiger partial charge in [-0.05, 0) is 56.8 Å². The van der Waals surface area contributed by atoms with Crippen LogP contribution in [-0.4, -0.2) is 19.0 Å². The molecule has 0 atom stereocenters. The van der Waals surface area contributed by atoms with Crippen LogP contribution in [0.1, 0.15) is 35.1 Å². The second-order valence-corrected chi connectivity index (χ2v) is 6.41. The summed E-state index contributed by atoms with van der Waals surface area (Å²) in [6, 6.07) is 14.7. The maximum absolute atomic E-state index is 12.1. The first-order valence-electron chi connectivity index (χ1n) is 8.68. The Kier molecular flexibility index (Phi) is 7.01. The molecule has 3 heteroatoms. The van der Waals surface area contributed by atoms with Crippen LogP contribution < -0.4 is 10.6 Å². The third-order valence-corrected chi connectivity index (χ3v) is 4.13. The Morgan fingerprint density at radius 2 is 1.62 bits per heavy atom. The maximum atomic E-state index is 12.1. The molecule has 0 radical (unpaired) electrons. The number of nitrogens with one attached hydrogen (secondary N) is 2. The van der Waals surface area contributed by atoms with E-state index in [1.807, 2.05) is 19.9 Å². The quantitative estimate of drug-likeness (QED) is 0.716. The van der Waals surface area contributed by atoms with Gasteiger partial charge in [-0.2, -0.15) is 0 Å². The largest absolute Gasteiger partial charge is 0.326 e. The standard InChI is InChI=1S/C21H28N2O/c1-16-14-17(2)21(18(3)15-16)23-20(24)11-13-22-12-7-10-19-8-5-4-6-9-19/h4-6,8-9,14-15,22H,7,10-13H2,1-3H3,(H,23,24). The van der Waals surface area contributed by atoms with E-state index in [4.69, 9.17) is 0 Å². The summed E-state index contributed by atoms with van der Waals surface area (Å²) in [7, 11) is 0. The molecule has 2 aromatic rings. The summed E-state index contributed by atoms with van der Waals surface area (Å²) in [6.45, 7) is 7.80. The van der Waals surface area contributed by atoms with Crippen LogP contribution in [0.4, 0.5) is 5.69 Å². The zero-order chi connectivity index (χ0) is 17.4. The van der Waals surface area contributed by atoms with Crippen LogP contribution >= 0.6 is 0 Å². The van der Waals surface area contributed by atoms with Crippen molar-refractivity contribution in [1.82, 2.24) is 5.32 Å². The Labute approximate surface area is 145 Å². The zero-order valence-corrected chi connectivity index (χ0v) is 15.0. The first-order chi connectivity index (χ1) is 11.6. The van der Waals surface area contributed by atoms with Gasteiger partial charge < -0.3 is 10.6 Å². The molecule has 0 bridgehead atoms. The summed E-state index contributed by atoms with van der Waals surface area (Å²) in [5.74, 6) is 0.0700. The molecule has 2 rings (SSSR count). The van der Waals surface area contributed by atoms with E-state index < -0.39 is 0 Å². The Bertz CT molecular complexity index is 642. The fraction of sp³-hybridized carbons (Fsp3) is 0.381. The highest BCUT2D eigenvalue weighted by Crippen LogP contribution is 2.21. The van der Waals surface area contributed by atoms with Gasteiger partial charge in [-0.3, -0.25) is 4.79 Å². The lowest BCUT2D eigenvalue weighted by Gasteiger charge is -2.13. The van der Waals surface area contributed by atoms with Crippen molar-refractivity contribution in [2.24, 2.45) is 0 Å². The molecule has 0 saturated heterocycles. The van der Waals surface area contributed by atoms with Gasteiger partial charge in [-0.25, -0.2) is 0 Å². The van der Waals surface area contributed by atoms with Crippen LogP contribution in [-0.2, 0) is 11.2 Å². The minimum atomic E-state index is 0.0700. The Balaban J connectivity index is 1.65. The van der Waals surface area contributed by atoms with Gasteiger partial charge in [0.05, 0.1) is 0 Å². The van der Waals surface area contributed by atoms with Crippen molar-refractivity contribution in [2.45, 2.75) is 40.0 Å². The number of benzene rings is 2. The normalized spacial score (nSPS) is 10.6. The molecular formula is C21H28N2O. The van der Waals surface area contributed by atoms with Crippen LogP contribution in [0.25, 0.3) is 0 Å². The highest BCUT2D eigenvalue weighted by Gasteiger charge is 2.07. The van der Waals surface area contributed by atoms with Crippen molar-refractivity contribution in [3.05, 3.63) is 64.7 Å². The van der Waals surface area contributed by atoms with E-state index in [0.717, 1.165) is 36.2 Å². The minimum absolute atomic E-state index is 0.0700. The lowest BCUT2D eigenvalue weighted by molar-refractivity contribution is -0.116. The van der Waals surface area contributed by atoms with Gasteiger partial charge in [0, 0.05) is 18.7 Å². The average Bonchev–Trinajstić information content (AvgIpc) is 2.55. The van der Waals surface area contributed by atoms with Crippen LogP contribution in [0, 0.1) is 20.8 Å². The highest BCUT2D eigenvalue weighted by molar-refractivity contribution is 5.92. The fourth-order valence-corrected chi connectivity index (χ4v) is 2.97. The Morgan fingerprint density at radius 1 is 0.958 bits per heavy atom. The molecule has 0 aliphatic carbocycles. The van der Waals surface area contributed by atoms with Crippen LogP contribution in [0.15, 0.2) is 42.5 Å². The van der Waals surface area contributed by atoms with Crippen molar-refractivity contribution in [1.29, 1.82) is 0 Å². The van der Waals surface area contributed by atoms with Gasteiger partial charge in [0.2, 0.25) is 5.91 Å². The van der Waals surface area contributed by atoms with E-state index in [1.54, 1.807) is 0 Å². The van der Waals surface area contributed by atoms with Crippen molar-refractivity contribution in [2.75, 3.05) is 18.4 Å². The summed E-state index contributed by atoms with van der Waals surface area (Å²) in [4.78, 5) is 12.1. The molecule has 0 saturated carbocycles. The lowest BCUT2D eigenvalue weighted by Crippen LogP contribution is -2.23. The monoisotopic (exact) mass is 324 g/mol. The molecule has 128 valence electrons. The first kappa shape index (κ1) is 18.2. The maximum Gasteiger partial charge on any atom is 0.225 e. The van der Waals surface area contributed by atoms with Crippen molar-refractivity contribution < 1.29 is 4.79 Å². The van der Waals surface area contributed by atoms with Gasteiger partial charge in [-0.15, -0.1) is 0 Å². The second kappa shape index (κ2) is 9.24. The zero-order valence-electron chi connectivity index (χ0n) is 15.0. The molecule has 0 aromatic heterocycles. The third kappa shape index (κ3) is 5.82. The molecule has 0 aliphatic heterocycles. The van der Waals surface area contributed by atoms with E-state index in [2.05, 4.69) is 54.0 Å². The molecule has 2 N–H and O–H groups in total. The predicted octanol–water partition coefficient (Wildman–Crippen LogP) is 4.16. The Morgan fingerprint density at radius 3 is 2.29 bits per heavy atom. The number of aryl methyl sites for hydroxylation is 4. The summed E-state index contributed by atoms with van der Waals surface area (Å²) in [5, 5.41) is 6.39. The smallest absolute Gasteiger partial charge is 0.225 e. The van der Waals surface area contributed by atoms with E-state index in [0.29, 0.717) is 13.0 Å². The predicted molar refractivity (Wildman–Crippen MR) is 102 cm³/mol. The highest BCUT2D eigenvalue weighted by atomic mass is 16.1. The van der Waals surface area contributed by atoms with Gasteiger partial charge in [0.15, 0.2) is 0 Å². The van der Waals surface area contributed by atoms with E-state index in [1.165, 1.54) is 11.1 Å². The number of rotatable bonds is 8.